The van der Waals surface area contributed by atoms with Gasteiger partial charge in [0.05, 0.1) is 5.69 Å². The lowest BCUT2D eigenvalue weighted by molar-refractivity contribution is 0.660. The molecule has 0 N–H and O–H groups in total. The van der Waals surface area contributed by atoms with Crippen LogP contribution in [0.4, 0.5) is 17.1 Å². The molecule has 0 saturated carbocycles. The maximum absolute atomic E-state index is 2.44. The van der Waals surface area contributed by atoms with Crippen molar-refractivity contribution in [2.45, 2.75) is 19.3 Å². The van der Waals surface area contributed by atoms with E-state index in [9.17, 15) is 0 Å². The standard InChI is InChI=1S/C49H35NS/c1-49(2)43-20-9-6-17-39(43)40-30-28-36(31-44(40)49)50(45-21-10-7-16-37(45)32-13-4-3-5-14-32)35-26-23-33(24-27-35)38-19-12-15-34-25-29-42-41-18-8-11-22-46(41)51-48(42)47(34)38/h3-31H,1-2H3. The molecule has 0 spiro atoms. The molecule has 51 heavy (non-hydrogen) atoms. The minimum atomic E-state index is -0.0945. The summed E-state index contributed by atoms with van der Waals surface area (Å²) in [6.45, 7) is 4.71. The van der Waals surface area contributed by atoms with Crippen molar-refractivity contribution in [3.8, 4) is 33.4 Å². The van der Waals surface area contributed by atoms with E-state index >= 15 is 0 Å². The predicted octanol–water partition coefficient (Wildman–Crippen LogP) is 14.3. The van der Waals surface area contributed by atoms with Gasteiger partial charge in [-0.15, -0.1) is 11.3 Å². The minimum Gasteiger partial charge on any atom is -0.310 e. The Balaban J connectivity index is 1.15. The molecular formula is C49H35NS. The number of hydrogen-bond acceptors (Lipinski definition) is 2. The fourth-order valence-electron chi connectivity index (χ4n) is 8.37. The van der Waals surface area contributed by atoms with Crippen molar-refractivity contribution in [2.75, 3.05) is 4.90 Å². The molecule has 1 heterocycles. The molecule has 0 saturated heterocycles. The zero-order valence-electron chi connectivity index (χ0n) is 28.6. The van der Waals surface area contributed by atoms with E-state index in [1.165, 1.54) is 75.5 Å². The van der Waals surface area contributed by atoms with Crippen molar-refractivity contribution < 1.29 is 0 Å². The van der Waals surface area contributed by atoms with Crippen LogP contribution in [0.5, 0.6) is 0 Å². The van der Waals surface area contributed by atoms with Gasteiger partial charge in [0.1, 0.15) is 0 Å². The summed E-state index contributed by atoms with van der Waals surface area (Å²) in [5.74, 6) is 0. The second-order valence-corrected chi connectivity index (χ2v) is 15.2. The summed E-state index contributed by atoms with van der Waals surface area (Å²) < 4.78 is 2.69. The van der Waals surface area contributed by atoms with Gasteiger partial charge in [-0.3, -0.25) is 0 Å². The van der Waals surface area contributed by atoms with Crippen molar-refractivity contribution >= 4 is 59.3 Å². The predicted molar refractivity (Wildman–Crippen MR) is 220 cm³/mol. The van der Waals surface area contributed by atoms with E-state index in [1.807, 2.05) is 11.3 Å². The van der Waals surface area contributed by atoms with E-state index in [4.69, 9.17) is 0 Å². The van der Waals surface area contributed by atoms with Gasteiger partial charge < -0.3 is 4.90 Å². The zero-order chi connectivity index (χ0) is 34.1. The van der Waals surface area contributed by atoms with Gasteiger partial charge in [-0.25, -0.2) is 0 Å². The highest BCUT2D eigenvalue weighted by atomic mass is 32.1. The lowest BCUT2D eigenvalue weighted by Crippen LogP contribution is -2.16. The molecule has 0 fully saturated rings. The highest BCUT2D eigenvalue weighted by molar-refractivity contribution is 7.26. The monoisotopic (exact) mass is 669 g/mol. The molecule has 1 aliphatic rings. The lowest BCUT2D eigenvalue weighted by atomic mass is 9.82. The first kappa shape index (κ1) is 29.9. The van der Waals surface area contributed by atoms with Crippen LogP contribution < -0.4 is 4.90 Å². The van der Waals surface area contributed by atoms with E-state index in [2.05, 4.69) is 195 Å². The van der Waals surface area contributed by atoms with Crippen molar-refractivity contribution in [3.63, 3.8) is 0 Å². The Morgan fingerprint density at radius 1 is 0.451 bits per heavy atom. The third-order valence-corrected chi connectivity index (χ3v) is 12.1. The van der Waals surface area contributed by atoms with Gasteiger partial charge in [0.15, 0.2) is 0 Å². The Morgan fingerprint density at radius 3 is 1.98 bits per heavy atom. The summed E-state index contributed by atoms with van der Waals surface area (Å²) in [5.41, 5.74) is 13.7. The quantitative estimate of drug-likeness (QED) is 0.176. The Kier molecular flexibility index (Phi) is 6.78. The first-order valence-corrected chi connectivity index (χ1v) is 18.5. The van der Waals surface area contributed by atoms with Crippen LogP contribution in [0.3, 0.4) is 0 Å². The first-order valence-electron chi connectivity index (χ1n) is 17.7. The summed E-state index contributed by atoms with van der Waals surface area (Å²) >= 11 is 1.90. The molecule has 8 aromatic carbocycles. The normalized spacial score (nSPS) is 13.1. The molecule has 1 nitrogen and oxygen atoms in total. The van der Waals surface area contributed by atoms with Crippen LogP contribution in [0, 0.1) is 0 Å². The van der Waals surface area contributed by atoms with Crippen molar-refractivity contribution in [1.29, 1.82) is 0 Å². The molecule has 242 valence electrons. The maximum atomic E-state index is 2.44. The fraction of sp³-hybridized carbons (Fsp3) is 0.0612. The topological polar surface area (TPSA) is 3.24 Å². The maximum Gasteiger partial charge on any atom is 0.0540 e. The summed E-state index contributed by atoms with van der Waals surface area (Å²) in [5, 5.41) is 5.27. The van der Waals surface area contributed by atoms with E-state index in [-0.39, 0.29) is 5.41 Å². The second-order valence-electron chi connectivity index (χ2n) is 14.1. The molecule has 1 aliphatic carbocycles. The Morgan fingerprint density at radius 2 is 1.12 bits per heavy atom. The number of nitrogens with zero attached hydrogens (tertiary/aromatic N) is 1. The number of hydrogen-bond donors (Lipinski definition) is 0. The number of thiophene rings is 1. The van der Waals surface area contributed by atoms with Crippen molar-refractivity contribution in [2.24, 2.45) is 0 Å². The molecule has 9 aromatic rings. The van der Waals surface area contributed by atoms with Gasteiger partial charge in [0.25, 0.3) is 0 Å². The highest BCUT2D eigenvalue weighted by Gasteiger charge is 2.35. The fourth-order valence-corrected chi connectivity index (χ4v) is 9.64. The van der Waals surface area contributed by atoms with Crippen LogP contribution in [0.2, 0.25) is 0 Å². The largest absolute Gasteiger partial charge is 0.310 e. The van der Waals surface area contributed by atoms with Gasteiger partial charge in [0, 0.05) is 47.9 Å². The SMILES string of the molecule is CC1(C)c2ccccc2-c2ccc(N(c3ccc(-c4cccc5ccc6c7ccccc7sc6c45)cc3)c3ccccc3-c3ccccc3)cc21. The molecule has 0 amide bonds. The van der Waals surface area contributed by atoms with Crippen LogP contribution in [-0.2, 0) is 5.41 Å². The van der Waals surface area contributed by atoms with Gasteiger partial charge in [0.2, 0.25) is 0 Å². The number of para-hydroxylation sites is 1. The van der Waals surface area contributed by atoms with Crippen LogP contribution in [0.1, 0.15) is 25.0 Å². The average Bonchev–Trinajstić information content (AvgIpc) is 3.68. The molecule has 0 bridgehead atoms. The molecule has 0 unspecified atom stereocenters. The first-order chi connectivity index (χ1) is 25.1. The van der Waals surface area contributed by atoms with Gasteiger partial charge in [-0.2, -0.15) is 0 Å². The number of anilines is 3. The van der Waals surface area contributed by atoms with Gasteiger partial charge in [-0.05, 0) is 80.7 Å². The Labute approximate surface area is 302 Å². The van der Waals surface area contributed by atoms with Crippen LogP contribution >= 0.6 is 11.3 Å². The smallest absolute Gasteiger partial charge is 0.0540 e. The van der Waals surface area contributed by atoms with Crippen molar-refractivity contribution in [3.05, 3.63) is 187 Å². The Bertz CT molecular complexity index is 2770. The lowest BCUT2D eigenvalue weighted by Gasteiger charge is -2.30. The Hall–Kier alpha value is -5.96. The molecule has 0 aliphatic heterocycles. The summed E-state index contributed by atoms with van der Waals surface area (Å²) in [6.07, 6.45) is 0. The zero-order valence-corrected chi connectivity index (χ0v) is 29.4. The average molecular weight is 670 g/mol. The van der Waals surface area contributed by atoms with Crippen LogP contribution in [0.25, 0.3) is 64.3 Å². The number of fused-ring (bicyclic) bond motifs is 8. The molecule has 0 atom stereocenters. The minimum absolute atomic E-state index is 0.0945. The summed E-state index contributed by atoms with van der Waals surface area (Å²) in [4.78, 5) is 2.44. The highest BCUT2D eigenvalue weighted by Crippen LogP contribution is 2.51. The van der Waals surface area contributed by atoms with E-state index in [0.717, 1.165) is 17.1 Å². The van der Waals surface area contributed by atoms with Crippen LogP contribution in [-0.4, -0.2) is 0 Å². The number of rotatable bonds is 5. The number of benzene rings is 8. The molecule has 1 aromatic heterocycles. The van der Waals surface area contributed by atoms with E-state index < -0.39 is 0 Å². The molecular weight excluding hydrogens is 635 g/mol. The summed E-state index contributed by atoms with van der Waals surface area (Å²) in [6, 6.07) is 64.8. The molecule has 2 heteroatoms. The van der Waals surface area contributed by atoms with Crippen LogP contribution in [0.15, 0.2) is 176 Å². The summed E-state index contributed by atoms with van der Waals surface area (Å²) in [7, 11) is 0. The molecule has 0 radical (unpaired) electrons. The van der Waals surface area contributed by atoms with Crippen molar-refractivity contribution in [1.82, 2.24) is 0 Å². The second kappa shape index (κ2) is 11.6. The third kappa shape index (κ3) is 4.67. The van der Waals surface area contributed by atoms with E-state index in [1.54, 1.807) is 0 Å². The van der Waals surface area contributed by atoms with Gasteiger partial charge in [-0.1, -0.05) is 153 Å². The molecule has 10 rings (SSSR count). The van der Waals surface area contributed by atoms with E-state index in [0.29, 0.717) is 0 Å². The van der Waals surface area contributed by atoms with Gasteiger partial charge >= 0.3 is 0 Å². The third-order valence-electron chi connectivity index (χ3n) is 10.9.